The summed E-state index contributed by atoms with van der Waals surface area (Å²) in [6.07, 6.45) is 7.25. The van der Waals surface area contributed by atoms with Crippen LogP contribution in [0, 0.1) is 23.2 Å². The van der Waals surface area contributed by atoms with Gasteiger partial charge in [0.05, 0.1) is 5.92 Å². The van der Waals surface area contributed by atoms with E-state index in [0.717, 1.165) is 12.0 Å². The highest BCUT2D eigenvalue weighted by molar-refractivity contribution is 9.11. The monoisotopic (exact) mass is 442 g/mol. The summed E-state index contributed by atoms with van der Waals surface area (Å²) in [5.74, 6) is 1.69. The van der Waals surface area contributed by atoms with Crippen LogP contribution in [0.4, 0.5) is 0 Å². The Morgan fingerprint density at radius 3 is 2.79 bits per heavy atom. The van der Waals surface area contributed by atoms with Crippen molar-refractivity contribution in [2.24, 2.45) is 23.2 Å². The van der Waals surface area contributed by atoms with E-state index < -0.39 is 0 Å². The molecule has 150 valence electrons. The van der Waals surface area contributed by atoms with E-state index in [9.17, 15) is 4.79 Å². The normalized spacial score (nSPS) is 37.8. The Morgan fingerprint density at radius 1 is 1.32 bits per heavy atom. The highest BCUT2D eigenvalue weighted by atomic mass is 79.9. The first kappa shape index (κ1) is 19.9. The summed E-state index contributed by atoms with van der Waals surface area (Å²) in [6.45, 7) is 8.95. The minimum atomic E-state index is -0.219. The largest absolute Gasteiger partial charge is 0.458 e. The van der Waals surface area contributed by atoms with Gasteiger partial charge in [0.25, 0.3) is 0 Å². The van der Waals surface area contributed by atoms with Gasteiger partial charge in [0.2, 0.25) is 0 Å². The van der Waals surface area contributed by atoms with Crippen LogP contribution in [-0.4, -0.2) is 12.1 Å². The molecule has 0 amide bonds. The first-order valence-electron chi connectivity index (χ1n) is 10.7. The van der Waals surface area contributed by atoms with E-state index >= 15 is 0 Å². The minimum absolute atomic E-state index is 0.00879. The van der Waals surface area contributed by atoms with Crippen molar-refractivity contribution < 1.29 is 9.53 Å². The molecule has 1 heterocycles. The van der Waals surface area contributed by atoms with Gasteiger partial charge in [0.15, 0.2) is 0 Å². The van der Waals surface area contributed by atoms with Gasteiger partial charge >= 0.3 is 5.97 Å². The lowest BCUT2D eigenvalue weighted by molar-refractivity contribution is -0.139. The Bertz CT molecular complexity index is 783. The molecule has 4 rings (SSSR count). The second-order valence-electron chi connectivity index (χ2n) is 9.35. The van der Waals surface area contributed by atoms with Gasteiger partial charge in [-0.2, -0.15) is 0 Å². The van der Waals surface area contributed by atoms with Crippen molar-refractivity contribution >= 4 is 21.9 Å². The lowest BCUT2D eigenvalue weighted by Crippen LogP contribution is -2.37. The molecule has 1 saturated heterocycles. The smallest absolute Gasteiger partial charge is 0.334 e. The first-order chi connectivity index (χ1) is 13.5. The average Bonchev–Trinajstić information content (AvgIpc) is 3.18. The molecule has 0 aromatic heterocycles. The maximum Gasteiger partial charge on any atom is 0.334 e. The molecule has 0 unspecified atom stereocenters. The Balaban J connectivity index is 1.54. The van der Waals surface area contributed by atoms with Gasteiger partial charge in [-0.05, 0) is 72.2 Å². The van der Waals surface area contributed by atoms with E-state index in [4.69, 9.17) is 4.74 Å². The molecule has 3 heteroatoms. The quantitative estimate of drug-likeness (QED) is 0.379. The molecular weight excluding hydrogens is 412 g/mol. The van der Waals surface area contributed by atoms with Crippen LogP contribution in [-0.2, 0) is 9.53 Å². The lowest BCUT2D eigenvalue weighted by Gasteiger charge is -2.44. The molecule has 1 aliphatic heterocycles. The zero-order chi connectivity index (χ0) is 19.9. The molecule has 0 spiro atoms. The molecule has 2 nitrogen and oxygen atoms in total. The highest BCUT2D eigenvalue weighted by Gasteiger charge is 2.51. The van der Waals surface area contributed by atoms with Gasteiger partial charge < -0.3 is 4.74 Å². The standard InChI is InChI=1S/C25H31BrO2/c1-16(20-11-12-21-19(15-26)10-7-13-25(20,21)3)14-22-23(17(2)24(27)28-22)18-8-5-4-6-9-18/h4-6,8-9,15-16,20-23H,2,7,10-14H2,1,3H3/b19-15+/t16-,20-,21+,22-,23+,25-/m1/s1. The van der Waals surface area contributed by atoms with Crippen molar-refractivity contribution in [2.75, 3.05) is 0 Å². The van der Waals surface area contributed by atoms with E-state index in [-0.39, 0.29) is 18.0 Å². The predicted octanol–water partition coefficient (Wildman–Crippen LogP) is 6.77. The topological polar surface area (TPSA) is 26.3 Å². The number of esters is 1. The molecular formula is C25H31BrO2. The fraction of sp³-hybridized carbons (Fsp3) is 0.560. The number of carbonyl (C=O) groups excluding carboxylic acids is 1. The number of benzene rings is 1. The van der Waals surface area contributed by atoms with E-state index in [1.165, 1.54) is 32.1 Å². The zero-order valence-corrected chi connectivity index (χ0v) is 18.6. The predicted molar refractivity (Wildman–Crippen MR) is 117 cm³/mol. The van der Waals surface area contributed by atoms with Crippen LogP contribution in [0.25, 0.3) is 0 Å². The maximum absolute atomic E-state index is 12.3. The highest BCUT2D eigenvalue weighted by Crippen LogP contribution is 2.60. The lowest BCUT2D eigenvalue weighted by atomic mass is 9.61. The first-order valence-corrected chi connectivity index (χ1v) is 11.6. The number of allylic oxidation sites excluding steroid dienone is 1. The summed E-state index contributed by atoms with van der Waals surface area (Å²) in [7, 11) is 0. The second kappa shape index (κ2) is 7.82. The fourth-order valence-electron chi connectivity index (χ4n) is 6.57. The Labute approximate surface area is 177 Å². The number of ether oxygens (including phenoxy) is 1. The number of carbonyl (C=O) groups is 1. The molecule has 1 aromatic rings. The Kier molecular flexibility index (Phi) is 5.57. The minimum Gasteiger partial charge on any atom is -0.458 e. The van der Waals surface area contributed by atoms with Gasteiger partial charge in [0.1, 0.15) is 6.10 Å². The van der Waals surface area contributed by atoms with E-state index in [2.05, 4.69) is 53.5 Å². The SMILES string of the molecule is C=C1C(=O)O[C@H](C[C@@H](C)[C@H]2CC[C@H]3/C(=C/Br)CCC[C@]23C)[C@@H]1c1ccccc1. The molecule has 0 radical (unpaired) electrons. The van der Waals surface area contributed by atoms with Crippen LogP contribution < -0.4 is 0 Å². The fourth-order valence-corrected chi connectivity index (χ4v) is 7.12. The third-order valence-corrected chi connectivity index (χ3v) is 8.48. The molecule has 2 saturated carbocycles. The van der Waals surface area contributed by atoms with Crippen molar-refractivity contribution in [3.8, 4) is 0 Å². The van der Waals surface area contributed by atoms with Crippen molar-refractivity contribution in [3.05, 3.63) is 58.6 Å². The van der Waals surface area contributed by atoms with Crippen molar-refractivity contribution in [1.82, 2.24) is 0 Å². The van der Waals surface area contributed by atoms with Crippen LogP contribution in [0.5, 0.6) is 0 Å². The average molecular weight is 443 g/mol. The van der Waals surface area contributed by atoms with Crippen molar-refractivity contribution in [3.63, 3.8) is 0 Å². The summed E-state index contributed by atoms with van der Waals surface area (Å²) < 4.78 is 5.82. The number of rotatable bonds is 4. The molecule has 3 fully saturated rings. The van der Waals surface area contributed by atoms with Crippen molar-refractivity contribution in [1.29, 1.82) is 0 Å². The van der Waals surface area contributed by atoms with Crippen LogP contribution in [0.1, 0.15) is 63.9 Å². The number of hydrogen-bond acceptors (Lipinski definition) is 2. The number of cyclic esters (lactones) is 1. The van der Waals surface area contributed by atoms with Gasteiger partial charge in [-0.25, -0.2) is 4.79 Å². The summed E-state index contributed by atoms with van der Waals surface area (Å²) >= 11 is 3.62. The molecule has 6 atom stereocenters. The molecule has 0 bridgehead atoms. The van der Waals surface area contributed by atoms with Gasteiger partial charge in [-0.1, -0.05) is 72.3 Å². The van der Waals surface area contributed by atoms with E-state index in [1.807, 2.05) is 18.2 Å². The second-order valence-corrected chi connectivity index (χ2v) is 9.81. The third kappa shape index (κ3) is 3.30. The molecule has 3 aliphatic rings. The third-order valence-electron chi connectivity index (χ3n) is 7.90. The number of fused-ring (bicyclic) bond motifs is 1. The van der Waals surface area contributed by atoms with Crippen LogP contribution >= 0.6 is 15.9 Å². The summed E-state index contributed by atoms with van der Waals surface area (Å²) in [6, 6.07) is 10.3. The summed E-state index contributed by atoms with van der Waals surface area (Å²) in [4.78, 5) is 14.5. The van der Waals surface area contributed by atoms with Crippen LogP contribution in [0.15, 0.2) is 53.0 Å². The van der Waals surface area contributed by atoms with Gasteiger partial charge in [-0.15, -0.1) is 0 Å². The number of halogens is 1. The Hall–Kier alpha value is -1.35. The zero-order valence-electron chi connectivity index (χ0n) is 17.0. The van der Waals surface area contributed by atoms with Crippen LogP contribution in [0.3, 0.4) is 0 Å². The summed E-state index contributed by atoms with van der Waals surface area (Å²) in [5, 5.41) is 0. The van der Waals surface area contributed by atoms with E-state index in [0.29, 0.717) is 28.7 Å². The molecule has 1 aromatic carbocycles. The molecule has 0 N–H and O–H groups in total. The Morgan fingerprint density at radius 2 is 2.07 bits per heavy atom. The molecule has 28 heavy (non-hydrogen) atoms. The van der Waals surface area contributed by atoms with E-state index in [1.54, 1.807) is 5.57 Å². The van der Waals surface area contributed by atoms with Gasteiger partial charge in [-0.3, -0.25) is 0 Å². The molecule has 2 aliphatic carbocycles. The number of hydrogen-bond donors (Lipinski definition) is 0. The summed E-state index contributed by atoms with van der Waals surface area (Å²) in [5.41, 5.74) is 3.74. The van der Waals surface area contributed by atoms with Crippen LogP contribution in [0.2, 0.25) is 0 Å². The maximum atomic E-state index is 12.3. The van der Waals surface area contributed by atoms with Crippen molar-refractivity contribution in [2.45, 2.75) is 64.4 Å². The van der Waals surface area contributed by atoms with Gasteiger partial charge in [0, 0.05) is 5.57 Å².